The number of halogens is 1. The van der Waals surface area contributed by atoms with E-state index in [0.717, 1.165) is 23.7 Å². The summed E-state index contributed by atoms with van der Waals surface area (Å²) in [4.78, 5) is 14.1. The first-order valence-electron chi connectivity index (χ1n) is 7.07. The summed E-state index contributed by atoms with van der Waals surface area (Å²) in [5.74, 6) is -0.0956. The fourth-order valence-corrected chi connectivity index (χ4v) is 3.39. The van der Waals surface area contributed by atoms with Crippen LogP contribution < -0.4 is 0 Å². The zero-order valence-electron chi connectivity index (χ0n) is 12.4. The fraction of sp³-hybridized carbons (Fsp3) is 0.562. The van der Waals surface area contributed by atoms with Crippen LogP contribution in [0.25, 0.3) is 0 Å². The Labute approximate surface area is 129 Å². The minimum atomic E-state index is -0.118. The summed E-state index contributed by atoms with van der Waals surface area (Å²) < 4.78 is 6.28. The normalized spacial score (nSPS) is 21.6. The van der Waals surface area contributed by atoms with Crippen LogP contribution in [0.4, 0.5) is 0 Å². The van der Waals surface area contributed by atoms with Crippen LogP contribution in [0.1, 0.15) is 30.9 Å². The fourth-order valence-electron chi connectivity index (χ4n) is 2.98. The lowest BCUT2D eigenvalue weighted by Crippen LogP contribution is -2.50. The van der Waals surface area contributed by atoms with Gasteiger partial charge in [-0.3, -0.25) is 4.79 Å². The summed E-state index contributed by atoms with van der Waals surface area (Å²) >= 11 is 3.52. The number of hydrogen-bond acceptors (Lipinski definition) is 3. The molecule has 0 bridgehead atoms. The molecule has 20 heavy (non-hydrogen) atoms. The molecule has 1 unspecified atom stereocenters. The van der Waals surface area contributed by atoms with Crippen LogP contribution >= 0.6 is 15.9 Å². The van der Waals surface area contributed by atoms with Crippen molar-refractivity contribution in [2.45, 2.75) is 38.1 Å². The molecule has 0 heterocycles. The van der Waals surface area contributed by atoms with Crippen LogP contribution in [0.3, 0.4) is 0 Å². The first kappa shape index (κ1) is 15.5. The number of likely N-dealkylation sites (N-methyl/N-ethyl adjacent to an activating group) is 1. The third-order valence-electron chi connectivity index (χ3n) is 4.27. The maximum Gasteiger partial charge on any atom is 0.307 e. The van der Waals surface area contributed by atoms with E-state index in [2.05, 4.69) is 53.1 Å². The zero-order chi connectivity index (χ0) is 14.8. The number of aryl methyl sites for hydroxylation is 1. The highest BCUT2D eigenvalue weighted by atomic mass is 79.9. The highest BCUT2D eigenvalue weighted by Gasteiger charge is 2.38. The topological polar surface area (TPSA) is 29.5 Å². The Hall–Kier alpha value is -0.870. The van der Waals surface area contributed by atoms with Gasteiger partial charge in [0.15, 0.2) is 0 Å². The molecule has 0 N–H and O–H groups in total. The lowest BCUT2D eigenvalue weighted by atomic mass is 9.75. The van der Waals surface area contributed by atoms with E-state index in [1.165, 1.54) is 11.1 Å². The molecule has 1 atom stereocenters. The summed E-state index contributed by atoms with van der Waals surface area (Å²) in [6.07, 6.45) is 3.36. The summed E-state index contributed by atoms with van der Waals surface area (Å²) in [5, 5.41) is 0. The Morgan fingerprint density at radius 2 is 2.15 bits per heavy atom. The number of rotatable bonds is 4. The molecule has 3 nitrogen and oxygen atoms in total. The Morgan fingerprint density at radius 3 is 2.80 bits per heavy atom. The number of esters is 1. The smallest absolute Gasteiger partial charge is 0.307 e. The Kier molecular flexibility index (Phi) is 4.86. The predicted octanol–water partition coefficient (Wildman–Crippen LogP) is 3.19. The van der Waals surface area contributed by atoms with Crippen LogP contribution in [0.2, 0.25) is 0 Å². The largest absolute Gasteiger partial charge is 0.466 e. The molecule has 110 valence electrons. The van der Waals surface area contributed by atoms with Crippen molar-refractivity contribution in [2.24, 2.45) is 0 Å². The zero-order valence-corrected chi connectivity index (χ0v) is 14.0. The number of nitrogens with zero attached hydrogens (tertiary/aromatic N) is 1. The molecule has 2 rings (SSSR count). The van der Waals surface area contributed by atoms with Gasteiger partial charge in [-0.1, -0.05) is 22.0 Å². The molecule has 0 saturated carbocycles. The van der Waals surface area contributed by atoms with Gasteiger partial charge in [-0.25, -0.2) is 0 Å². The molecule has 0 fully saturated rings. The third-order valence-corrected chi connectivity index (χ3v) is 4.77. The monoisotopic (exact) mass is 339 g/mol. The molecule has 0 saturated heterocycles. The van der Waals surface area contributed by atoms with Gasteiger partial charge in [0.25, 0.3) is 0 Å². The van der Waals surface area contributed by atoms with E-state index in [4.69, 9.17) is 4.74 Å². The molecule has 4 heteroatoms. The molecule has 0 aliphatic heterocycles. The first-order valence-corrected chi connectivity index (χ1v) is 7.86. The van der Waals surface area contributed by atoms with Crippen molar-refractivity contribution in [3.8, 4) is 0 Å². The standard InChI is InChI=1S/C16H22BrNO2/c1-4-20-15(19)11-16(18(2)3)8-7-12-9-14(17)6-5-13(12)10-16/h5-6,9H,4,7-8,10-11H2,1-3H3. The SMILES string of the molecule is CCOC(=O)CC1(N(C)C)CCc2cc(Br)ccc2C1. The van der Waals surface area contributed by atoms with Gasteiger partial charge in [-0.05, 0) is 63.5 Å². The number of hydrogen-bond donors (Lipinski definition) is 0. The molecule has 1 aromatic rings. The maximum atomic E-state index is 11.9. The molecule has 0 amide bonds. The van der Waals surface area contributed by atoms with E-state index in [9.17, 15) is 4.79 Å². The molecular formula is C16H22BrNO2. The van der Waals surface area contributed by atoms with Crippen molar-refractivity contribution in [3.05, 3.63) is 33.8 Å². The van der Waals surface area contributed by atoms with Gasteiger partial charge in [0.05, 0.1) is 13.0 Å². The average molecular weight is 340 g/mol. The lowest BCUT2D eigenvalue weighted by Gasteiger charge is -2.43. The molecule has 1 aromatic carbocycles. The van der Waals surface area contributed by atoms with Gasteiger partial charge in [0, 0.05) is 10.0 Å². The van der Waals surface area contributed by atoms with Crippen LogP contribution in [0.15, 0.2) is 22.7 Å². The van der Waals surface area contributed by atoms with E-state index in [-0.39, 0.29) is 11.5 Å². The highest BCUT2D eigenvalue weighted by Crippen LogP contribution is 2.36. The van der Waals surface area contributed by atoms with Gasteiger partial charge in [-0.15, -0.1) is 0 Å². The van der Waals surface area contributed by atoms with Crippen molar-refractivity contribution >= 4 is 21.9 Å². The average Bonchev–Trinajstić information content (AvgIpc) is 2.39. The number of carbonyl (C=O) groups excluding carboxylic acids is 1. The van der Waals surface area contributed by atoms with E-state index in [0.29, 0.717) is 13.0 Å². The van der Waals surface area contributed by atoms with Gasteiger partial charge in [-0.2, -0.15) is 0 Å². The molecule has 1 aliphatic rings. The van der Waals surface area contributed by atoms with Gasteiger partial charge in [0.1, 0.15) is 0 Å². The van der Waals surface area contributed by atoms with Gasteiger partial charge < -0.3 is 9.64 Å². The van der Waals surface area contributed by atoms with E-state index in [1.54, 1.807) is 0 Å². The minimum absolute atomic E-state index is 0.0956. The number of carbonyl (C=O) groups is 1. The molecule has 1 aliphatic carbocycles. The quantitative estimate of drug-likeness (QED) is 0.789. The van der Waals surface area contributed by atoms with Crippen LogP contribution in [0, 0.1) is 0 Å². The number of benzene rings is 1. The Balaban J connectivity index is 2.23. The summed E-state index contributed by atoms with van der Waals surface area (Å²) in [7, 11) is 4.12. The highest BCUT2D eigenvalue weighted by molar-refractivity contribution is 9.10. The predicted molar refractivity (Wildman–Crippen MR) is 83.8 cm³/mol. The van der Waals surface area contributed by atoms with Crippen molar-refractivity contribution in [1.29, 1.82) is 0 Å². The molecule has 0 aromatic heterocycles. The minimum Gasteiger partial charge on any atom is -0.466 e. The molecule has 0 radical (unpaired) electrons. The number of fused-ring (bicyclic) bond motifs is 1. The summed E-state index contributed by atoms with van der Waals surface area (Å²) in [5.41, 5.74) is 2.62. The van der Waals surface area contributed by atoms with E-state index < -0.39 is 0 Å². The van der Waals surface area contributed by atoms with Crippen LogP contribution in [-0.2, 0) is 22.4 Å². The van der Waals surface area contributed by atoms with Crippen molar-refractivity contribution in [1.82, 2.24) is 4.90 Å². The lowest BCUT2D eigenvalue weighted by molar-refractivity contribution is -0.146. The second-order valence-electron chi connectivity index (χ2n) is 5.69. The van der Waals surface area contributed by atoms with Crippen molar-refractivity contribution < 1.29 is 9.53 Å². The Bertz CT molecular complexity index is 501. The van der Waals surface area contributed by atoms with Crippen LogP contribution in [0.5, 0.6) is 0 Å². The van der Waals surface area contributed by atoms with E-state index in [1.807, 2.05) is 6.92 Å². The van der Waals surface area contributed by atoms with Crippen LogP contribution in [-0.4, -0.2) is 37.1 Å². The number of ether oxygens (including phenoxy) is 1. The Morgan fingerprint density at radius 1 is 1.40 bits per heavy atom. The third kappa shape index (κ3) is 3.23. The second-order valence-corrected chi connectivity index (χ2v) is 6.61. The first-order chi connectivity index (χ1) is 9.47. The van der Waals surface area contributed by atoms with Gasteiger partial charge >= 0.3 is 5.97 Å². The molecule has 0 spiro atoms. The molecular weight excluding hydrogens is 318 g/mol. The second kappa shape index (κ2) is 6.27. The van der Waals surface area contributed by atoms with E-state index >= 15 is 0 Å². The van der Waals surface area contributed by atoms with Crippen molar-refractivity contribution in [2.75, 3.05) is 20.7 Å². The van der Waals surface area contributed by atoms with Crippen molar-refractivity contribution in [3.63, 3.8) is 0 Å². The maximum absolute atomic E-state index is 11.9. The van der Waals surface area contributed by atoms with Gasteiger partial charge in [0.2, 0.25) is 0 Å². The summed E-state index contributed by atoms with van der Waals surface area (Å²) in [6, 6.07) is 6.44. The summed E-state index contributed by atoms with van der Waals surface area (Å²) in [6.45, 7) is 2.31.